The van der Waals surface area contributed by atoms with E-state index in [-0.39, 0.29) is 6.61 Å². The predicted molar refractivity (Wildman–Crippen MR) is 51.3 cm³/mol. The van der Waals surface area contributed by atoms with Crippen LogP contribution in [0.15, 0.2) is 35.3 Å². The molecule has 3 nitrogen and oxygen atoms in total. The van der Waals surface area contributed by atoms with Crippen LogP contribution < -0.4 is 0 Å². The third kappa shape index (κ3) is 2.97. The van der Waals surface area contributed by atoms with Gasteiger partial charge in [0.2, 0.25) is 0 Å². The number of esters is 1. The van der Waals surface area contributed by atoms with Crippen LogP contribution in [0.5, 0.6) is 0 Å². The Morgan fingerprint density at radius 3 is 2.64 bits per heavy atom. The monoisotopic (exact) mass is 195 g/mol. The van der Waals surface area contributed by atoms with Gasteiger partial charge in [-0.25, -0.2) is 9.79 Å². The van der Waals surface area contributed by atoms with Gasteiger partial charge in [0.1, 0.15) is 0 Å². The van der Waals surface area contributed by atoms with Gasteiger partial charge in [-0.15, -0.1) is 0 Å². The Morgan fingerprint density at radius 1 is 1.43 bits per heavy atom. The second-order valence-corrected chi connectivity index (χ2v) is 2.46. The van der Waals surface area contributed by atoms with Gasteiger partial charge in [0, 0.05) is 0 Å². The fourth-order valence-electron chi connectivity index (χ4n) is 0.852. The number of rotatable bonds is 3. The molecule has 14 heavy (non-hydrogen) atoms. The molecule has 0 bridgehead atoms. The number of hydrogen-bond acceptors (Lipinski definition) is 3. The highest BCUT2D eigenvalue weighted by Gasteiger charge is 2.10. The molecule has 0 aliphatic carbocycles. The molecule has 0 spiro atoms. The summed E-state index contributed by atoms with van der Waals surface area (Å²) in [6.45, 7) is 1.74. The summed E-state index contributed by atoms with van der Waals surface area (Å²) in [5.74, 6) is -2.16. The van der Waals surface area contributed by atoms with Crippen molar-refractivity contribution in [3.63, 3.8) is 0 Å². The molecule has 0 unspecified atom stereocenters. The third-order valence-corrected chi connectivity index (χ3v) is 1.43. The van der Waals surface area contributed by atoms with E-state index in [1.807, 2.05) is 0 Å². The maximum Gasteiger partial charge on any atom is 0.386 e. The Bertz CT molecular complexity index is 335. The summed E-state index contributed by atoms with van der Waals surface area (Å²) in [5, 5.41) is 0. The zero-order valence-electron chi connectivity index (χ0n) is 7.74. The zero-order chi connectivity index (χ0) is 10.4. The molecule has 0 saturated heterocycles. The van der Waals surface area contributed by atoms with Crippen LogP contribution in [0.4, 0.5) is 10.1 Å². The van der Waals surface area contributed by atoms with Crippen LogP contribution in [-0.4, -0.2) is 18.5 Å². The van der Waals surface area contributed by atoms with Crippen LogP contribution in [0, 0.1) is 0 Å². The largest absolute Gasteiger partial charge is 0.460 e. The molecule has 1 rings (SSSR count). The van der Waals surface area contributed by atoms with E-state index in [0.29, 0.717) is 5.69 Å². The molecule has 74 valence electrons. The molecule has 0 atom stereocenters. The van der Waals surface area contributed by atoms with Crippen molar-refractivity contribution in [2.75, 3.05) is 6.61 Å². The highest BCUT2D eigenvalue weighted by atomic mass is 19.1. The number of halogens is 1. The minimum Gasteiger partial charge on any atom is -0.460 e. The molecular formula is C10H10FNO2. The molecular weight excluding hydrogens is 185 g/mol. The SMILES string of the molecule is CCOC(=O)C(F)=Nc1ccccc1. The van der Waals surface area contributed by atoms with Crippen LogP contribution in [0.25, 0.3) is 0 Å². The summed E-state index contributed by atoms with van der Waals surface area (Å²) in [4.78, 5) is 14.3. The molecule has 0 heterocycles. The number of para-hydroxylation sites is 1. The lowest BCUT2D eigenvalue weighted by atomic mass is 10.3. The van der Waals surface area contributed by atoms with Crippen LogP contribution in [0.2, 0.25) is 0 Å². The Morgan fingerprint density at radius 2 is 2.07 bits per heavy atom. The van der Waals surface area contributed by atoms with E-state index in [1.165, 1.54) is 0 Å². The van der Waals surface area contributed by atoms with Gasteiger partial charge in [-0.3, -0.25) is 0 Å². The van der Waals surface area contributed by atoms with Crippen LogP contribution >= 0.6 is 0 Å². The maximum atomic E-state index is 12.9. The zero-order valence-corrected chi connectivity index (χ0v) is 7.74. The molecule has 0 amide bonds. The Hall–Kier alpha value is -1.71. The van der Waals surface area contributed by atoms with Gasteiger partial charge in [0.15, 0.2) is 0 Å². The molecule has 0 saturated carbocycles. The number of hydrogen-bond donors (Lipinski definition) is 0. The Labute approximate surface area is 81.2 Å². The van der Waals surface area contributed by atoms with E-state index in [1.54, 1.807) is 37.3 Å². The standard InChI is InChI=1S/C10H10FNO2/c1-2-14-10(13)9(11)12-8-6-4-3-5-7-8/h3-7H,2H2,1H3. The molecule has 0 fully saturated rings. The highest BCUT2D eigenvalue weighted by Crippen LogP contribution is 2.10. The Balaban J connectivity index is 2.74. The third-order valence-electron chi connectivity index (χ3n) is 1.43. The normalized spacial score (nSPS) is 11.1. The van der Waals surface area contributed by atoms with Crippen molar-refractivity contribution in [3.8, 4) is 0 Å². The van der Waals surface area contributed by atoms with Gasteiger partial charge in [0.05, 0.1) is 12.3 Å². The van der Waals surface area contributed by atoms with Gasteiger partial charge in [-0.2, -0.15) is 4.39 Å². The lowest BCUT2D eigenvalue weighted by molar-refractivity contribution is -0.135. The summed E-state index contributed by atoms with van der Waals surface area (Å²) >= 11 is 0. The quantitative estimate of drug-likeness (QED) is 0.548. The first kappa shape index (κ1) is 10.4. The summed E-state index contributed by atoms with van der Waals surface area (Å²) in [6, 6.07) is 8.38. The van der Waals surface area contributed by atoms with Crippen LogP contribution in [0.1, 0.15) is 6.92 Å². The fraction of sp³-hybridized carbons (Fsp3) is 0.200. The number of aliphatic imine (C=N–C) groups is 1. The topological polar surface area (TPSA) is 38.7 Å². The maximum absolute atomic E-state index is 12.9. The second kappa shape index (κ2) is 5.11. The summed E-state index contributed by atoms with van der Waals surface area (Å²) < 4.78 is 17.4. The molecule has 0 aromatic heterocycles. The first-order chi connectivity index (χ1) is 6.74. The van der Waals surface area contributed by atoms with Crippen molar-refractivity contribution >= 4 is 17.6 Å². The van der Waals surface area contributed by atoms with Gasteiger partial charge >= 0.3 is 5.97 Å². The number of carbonyl (C=O) groups excluding carboxylic acids is 1. The molecule has 4 heteroatoms. The number of ether oxygens (including phenoxy) is 1. The van der Waals surface area contributed by atoms with Gasteiger partial charge < -0.3 is 4.74 Å². The van der Waals surface area contributed by atoms with Crippen molar-refractivity contribution in [1.82, 2.24) is 0 Å². The fourth-order valence-corrected chi connectivity index (χ4v) is 0.852. The molecule has 0 radical (unpaired) electrons. The second-order valence-electron chi connectivity index (χ2n) is 2.46. The number of carbonyl (C=O) groups is 1. The minimum atomic E-state index is -1.13. The van der Waals surface area contributed by atoms with Crippen LogP contribution in [0.3, 0.4) is 0 Å². The molecule has 1 aromatic carbocycles. The summed E-state index contributed by atoms with van der Waals surface area (Å²) in [5.41, 5.74) is 0.387. The first-order valence-corrected chi connectivity index (χ1v) is 4.20. The predicted octanol–water partition coefficient (Wildman–Crippen LogP) is 2.25. The van der Waals surface area contributed by atoms with Gasteiger partial charge in [-0.1, -0.05) is 18.2 Å². The number of nitrogens with zero attached hydrogens (tertiary/aromatic N) is 1. The molecule has 0 aliphatic heterocycles. The van der Waals surface area contributed by atoms with E-state index in [4.69, 9.17) is 0 Å². The van der Waals surface area contributed by atoms with Crippen molar-refractivity contribution in [1.29, 1.82) is 0 Å². The van der Waals surface area contributed by atoms with Crippen molar-refractivity contribution in [2.24, 2.45) is 4.99 Å². The van der Waals surface area contributed by atoms with Crippen molar-refractivity contribution < 1.29 is 13.9 Å². The van der Waals surface area contributed by atoms with E-state index >= 15 is 0 Å². The number of benzene rings is 1. The van der Waals surface area contributed by atoms with E-state index in [9.17, 15) is 9.18 Å². The van der Waals surface area contributed by atoms with E-state index < -0.39 is 11.9 Å². The average Bonchev–Trinajstić information content (AvgIpc) is 2.19. The van der Waals surface area contributed by atoms with Crippen molar-refractivity contribution in [3.05, 3.63) is 30.3 Å². The van der Waals surface area contributed by atoms with E-state index in [0.717, 1.165) is 0 Å². The van der Waals surface area contributed by atoms with Crippen molar-refractivity contribution in [2.45, 2.75) is 6.92 Å². The summed E-state index contributed by atoms with van der Waals surface area (Å²) in [7, 11) is 0. The lowest BCUT2D eigenvalue weighted by Gasteiger charge is -1.97. The highest BCUT2D eigenvalue weighted by molar-refractivity contribution is 6.32. The molecule has 0 N–H and O–H groups in total. The smallest absolute Gasteiger partial charge is 0.386 e. The molecule has 0 aliphatic rings. The first-order valence-electron chi connectivity index (χ1n) is 4.20. The summed E-state index contributed by atoms with van der Waals surface area (Å²) in [6.07, 6.45) is 0. The van der Waals surface area contributed by atoms with Gasteiger partial charge in [0.25, 0.3) is 5.97 Å². The average molecular weight is 195 g/mol. The lowest BCUT2D eigenvalue weighted by Crippen LogP contribution is -2.12. The Kier molecular flexibility index (Phi) is 3.79. The minimum absolute atomic E-state index is 0.135. The van der Waals surface area contributed by atoms with Gasteiger partial charge in [-0.05, 0) is 19.1 Å². The van der Waals surface area contributed by atoms with Crippen LogP contribution in [-0.2, 0) is 9.53 Å². The molecule has 1 aromatic rings. The van der Waals surface area contributed by atoms with E-state index in [2.05, 4.69) is 9.73 Å².